The quantitative estimate of drug-likeness (QED) is 0.790. The minimum Gasteiger partial charge on any atom is -0.362 e. The molecule has 0 saturated heterocycles. The fourth-order valence-corrected chi connectivity index (χ4v) is 2.53. The summed E-state index contributed by atoms with van der Waals surface area (Å²) >= 11 is 7.42. The first-order valence-electron chi connectivity index (χ1n) is 4.95. The van der Waals surface area contributed by atoms with Crippen LogP contribution in [0.4, 0.5) is 5.82 Å². The van der Waals surface area contributed by atoms with E-state index < -0.39 is 0 Å². The van der Waals surface area contributed by atoms with Gasteiger partial charge in [0.05, 0.1) is 10.9 Å². The molecule has 0 radical (unpaired) electrons. The standard InChI is InChI=1S/C10H8ClN5S/c11-8-2-1-7(17-8)5-13-9-10-15-14-6-16(10)4-3-12-9/h1-4,6H,5H2,(H,12,13). The molecule has 3 rings (SSSR count). The summed E-state index contributed by atoms with van der Waals surface area (Å²) in [5.41, 5.74) is 0.718. The number of hydrogen-bond acceptors (Lipinski definition) is 5. The van der Waals surface area contributed by atoms with Gasteiger partial charge in [0.2, 0.25) is 5.65 Å². The summed E-state index contributed by atoms with van der Waals surface area (Å²) in [7, 11) is 0. The van der Waals surface area contributed by atoms with Gasteiger partial charge in [0, 0.05) is 17.3 Å². The first kappa shape index (κ1) is 10.5. The van der Waals surface area contributed by atoms with Crippen LogP contribution in [0.25, 0.3) is 5.65 Å². The molecule has 3 aromatic rings. The average Bonchev–Trinajstić information content (AvgIpc) is 2.94. The smallest absolute Gasteiger partial charge is 0.203 e. The number of fused-ring (bicyclic) bond motifs is 1. The Morgan fingerprint density at radius 1 is 1.41 bits per heavy atom. The fourth-order valence-electron chi connectivity index (χ4n) is 1.50. The van der Waals surface area contributed by atoms with Gasteiger partial charge in [-0.15, -0.1) is 21.5 Å². The zero-order valence-corrected chi connectivity index (χ0v) is 10.2. The maximum Gasteiger partial charge on any atom is 0.203 e. The number of thiophene rings is 1. The third kappa shape index (κ3) is 2.09. The van der Waals surface area contributed by atoms with Crippen LogP contribution in [0.15, 0.2) is 30.9 Å². The lowest BCUT2D eigenvalue weighted by molar-refractivity contribution is 1.08. The molecule has 0 spiro atoms. The number of nitrogens with one attached hydrogen (secondary N) is 1. The van der Waals surface area contributed by atoms with Gasteiger partial charge in [-0.2, -0.15) is 0 Å². The zero-order valence-electron chi connectivity index (χ0n) is 8.67. The molecule has 5 nitrogen and oxygen atoms in total. The van der Waals surface area contributed by atoms with E-state index in [0.29, 0.717) is 6.54 Å². The third-order valence-electron chi connectivity index (χ3n) is 2.27. The summed E-state index contributed by atoms with van der Waals surface area (Å²) in [5.74, 6) is 0.717. The highest BCUT2D eigenvalue weighted by Gasteiger charge is 2.04. The Morgan fingerprint density at radius 2 is 2.35 bits per heavy atom. The van der Waals surface area contributed by atoms with Crippen LogP contribution in [0, 0.1) is 0 Å². The summed E-state index contributed by atoms with van der Waals surface area (Å²) < 4.78 is 2.60. The lowest BCUT2D eigenvalue weighted by Gasteiger charge is -2.03. The number of rotatable bonds is 3. The van der Waals surface area contributed by atoms with Crippen LogP contribution in [0.2, 0.25) is 4.34 Å². The van der Waals surface area contributed by atoms with Crippen molar-refractivity contribution in [1.82, 2.24) is 19.6 Å². The summed E-state index contributed by atoms with van der Waals surface area (Å²) in [6.45, 7) is 0.678. The number of aromatic nitrogens is 4. The lowest BCUT2D eigenvalue weighted by atomic mass is 10.4. The monoisotopic (exact) mass is 265 g/mol. The van der Waals surface area contributed by atoms with E-state index in [4.69, 9.17) is 11.6 Å². The van der Waals surface area contributed by atoms with E-state index in [2.05, 4.69) is 20.5 Å². The van der Waals surface area contributed by atoms with Crippen molar-refractivity contribution in [1.29, 1.82) is 0 Å². The predicted octanol–water partition coefficient (Wildman–Crippen LogP) is 2.45. The molecule has 0 bridgehead atoms. The van der Waals surface area contributed by atoms with Crippen LogP contribution in [0.3, 0.4) is 0 Å². The van der Waals surface area contributed by atoms with Crippen molar-refractivity contribution in [2.45, 2.75) is 6.54 Å². The van der Waals surface area contributed by atoms with E-state index in [1.54, 1.807) is 23.9 Å². The van der Waals surface area contributed by atoms with E-state index in [9.17, 15) is 0 Å². The highest BCUT2D eigenvalue weighted by Crippen LogP contribution is 2.22. The number of halogens is 1. The van der Waals surface area contributed by atoms with Crippen LogP contribution < -0.4 is 5.32 Å². The SMILES string of the molecule is Clc1ccc(CNc2nccn3cnnc23)s1. The van der Waals surface area contributed by atoms with Gasteiger partial charge >= 0.3 is 0 Å². The lowest BCUT2D eigenvalue weighted by Crippen LogP contribution is -2.02. The summed E-state index contributed by atoms with van der Waals surface area (Å²) in [4.78, 5) is 5.39. The molecular formula is C10H8ClN5S. The molecule has 0 saturated carbocycles. The molecule has 86 valence electrons. The van der Waals surface area contributed by atoms with Gasteiger partial charge in [0.25, 0.3) is 0 Å². The van der Waals surface area contributed by atoms with Gasteiger partial charge in [0.1, 0.15) is 6.33 Å². The topological polar surface area (TPSA) is 55.1 Å². The Kier molecular flexibility index (Phi) is 2.66. The van der Waals surface area contributed by atoms with Crippen LogP contribution in [0.5, 0.6) is 0 Å². The van der Waals surface area contributed by atoms with Gasteiger partial charge in [-0.3, -0.25) is 4.40 Å². The molecule has 7 heteroatoms. The molecule has 0 aliphatic carbocycles. The van der Waals surface area contributed by atoms with Crippen LogP contribution in [0.1, 0.15) is 4.88 Å². The first-order valence-corrected chi connectivity index (χ1v) is 6.15. The fraction of sp³-hybridized carbons (Fsp3) is 0.100. The summed E-state index contributed by atoms with van der Waals surface area (Å²) in [6, 6.07) is 3.87. The molecular weight excluding hydrogens is 258 g/mol. The van der Waals surface area contributed by atoms with E-state index in [0.717, 1.165) is 20.7 Å². The van der Waals surface area contributed by atoms with Crippen molar-refractivity contribution >= 4 is 34.4 Å². The number of nitrogens with zero attached hydrogens (tertiary/aromatic N) is 4. The molecule has 0 aromatic carbocycles. The summed E-state index contributed by atoms with van der Waals surface area (Å²) in [6.07, 6.45) is 5.16. The molecule has 0 aliphatic rings. The molecule has 0 fully saturated rings. The van der Waals surface area contributed by atoms with Crippen molar-refractivity contribution < 1.29 is 0 Å². The van der Waals surface area contributed by atoms with Crippen LogP contribution in [-0.2, 0) is 6.54 Å². The molecule has 3 heterocycles. The minimum absolute atomic E-state index is 0.678. The molecule has 0 atom stereocenters. The Labute approximate surface area is 106 Å². The Bertz CT molecular complexity index is 647. The van der Waals surface area contributed by atoms with E-state index in [1.807, 2.05) is 22.7 Å². The molecule has 1 N–H and O–H groups in total. The maximum absolute atomic E-state index is 5.87. The second-order valence-corrected chi connectivity index (χ2v) is 5.20. The normalized spacial score (nSPS) is 10.9. The predicted molar refractivity (Wildman–Crippen MR) is 67.4 cm³/mol. The third-order valence-corrected chi connectivity index (χ3v) is 3.51. The van der Waals surface area contributed by atoms with Gasteiger partial charge in [-0.05, 0) is 12.1 Å². The Morgan fingerprint density at radius 3 is 3.18 bits per heavy atom. The zero-order chi connectivity index (χ0) is 11.7. The number of hydrogen-bond donors (Lipinski definition) is 1. The van der Waals surface area contributed by atoms with Crippen molar-refractivity contribution in [3.63, 3.8) is 0 Å². The first-order chi connectivity index (χ1) is 8.33. The van der Waals surface area contributed by atoms with E-state index in [1.165, 1.54) is 0 Å². The van der Waals surface area contributed by atoms with Gasteiger partial charge in [-0.25, -0.2) is 4.98 Å². The van der Waals surface area contributed by atoms with Crippen molar-refractivity contribution in [2.24, 2.45) is 0 Å². The molecule has 17 heavy (non-hydrogen) atoms. The Balaban J connectivity index is 1.83. The maximum atomic E-state index is 5.87. The highest BCUT2D eigenvalue weighted by molar-refractivity contribution is 7.16. The highest BCUT2D eigenvalue weighted by atomic mass is 35.5. The van der Waals surface area contributed by atoms with Crippen molar-refractivity contribution in [2.75, 3.05) is 5.32 Å². The van der Waals surface area contributed by atoms with Crippen LogP contribution >= 0.6 is 22.9 Å². The van der Waals surface area contributed by atoms with Gasteiger partial charge < -0.3 is 5.32 Å². The molecule has 0 aliphatic heterocycles. The van der Waals surface area contributed by atoms with Crippen molar-refractivity contribution in [3.8, 4) is 0 Å². The minimum atomic E-state index is 0.678. The Hall–Kier alpha value is -1.66. The second kappa shape index (κ2) is 4.31. The van der Waals surface area contributed by atoms with E-state index in [-0.39, 0.29) is 0 Å². The van der Waals surface area contributed by atoms with Gasteiger partial charge in [-0.1, -0.05) is 11.6 Å². The molecule has 0 amide bonds. The summed E-state index contributed by atoms with van der Waals surface area (Å²) in [5, 5.41) is 11.1. The average molecular weight is 266 g/mol. The largest absolute Gasteiger partial charge is 0.362 e. The second-order valence-electron chi connectivity index (χ2n) is 3.40. The van der Waals surface area contributed by atoms with E-state index >= 15 is 0 Å². The van der Waals surface area contributed by atoms with Gasteiger partial charge in [0.15, 0.2) is 5.82 Å². The van der Waals surface area contributed by atoms with Crippen LogP contribution in [-0.4, -0.2) is 19.6 Å². The molecule has 3 aromatic heterocycles. The van der Waals surface area contributed by atoms with Crippen molar-refractivity contribution in [3.05, 3.63) is 40.1 Å². The molecule has 0 unspecified atom stereocenters. The number of anilines is 1.